The average molecular weight is 246 g/mol. The molecular formula is C17H10O2. The Hall–Kier alpha value is -3.17. The van der Waals surface area contributed by atoms with Crippen LogP contribution in [0.1, 0.15) is 20.3 Å². The van der Waals surface area contributed by atoms with Crippen molar-refractivity contribution in [2.24, 2.45) is 5.92 Å². The summed E-state index contributed by atoms with van der Waals surface area (Å²) in [6.45, 7) is 3.66. The molecule has 0 fully saturated rings. The second-order valence-electron chi connectivity index (χ2n) is 3.10. The minimum atomic E-state index is -0.360. The summed E-state index contributed by atoms with van der Waals surface area (Å²) in [7, 11) is 0. The molecule has 0 aromatic rings. The zero-order valence-electron chi connectivity index (χ0n) is 10.7. The van der Waals surface area contributed by atoms with E-state index in [1.165, 1.54) is 0 Å². The van der Waals surface area contributed by atoms with Gasteiger partial charge in [-0.3, -0.25) is 4.79 Å². The molecule has 0 aliphatic rings. The predicted octanol–water partition coefficient (Wildman–Crippen LogP) is 1.18. The molecule has 0 aliphatic carbocycles. The van der Waals surface area contributed by atoms with E-state index in [-0.39, 0.29) is 11.9 Å². The van der Waals surface area contributed by atoms with E-state index in [0.717, 1.165) is 0 Å². The largest absolute Gasteiger partial charge is 0.371 e. The van der Waals surface area contributed by atoms with Gasteiger partial charge in [-0.25, -0.2) is 0 Å². The summed E-state index contributed by atoms with van der Waals surface area (Å²) >= 11 is 0. The Balaban J connectivity index is 4.21. The molecule has 0 N–H and O–H groups in total. The fraction of sp³-hybridized carbons (Fsp3) is 0.235. The first-order chi connectivity index (χ1) is 9.22. The molecule has 0 heterocycles. The van der Waals surface area contributed by atoms with Gasteiger partial charge in [-0.15, -0.1) is 6.42 Å². The fourth-order valence-electron chi connectivity index (χ4n) is 0.623. The zero-order chi connectivity index (χ0) is 14.3. The summed E-state index contributed by atoms with van der Waals surface area (Å²) in [5.74, 6) is 23.2. The van der Waals surface area contributed by atoms with Gasteiger partial charge < -0.3 is 4.74 Å². The first kappa shape index (κ1) is 15.8. The molecule has 0 saturated carbocycles. The number of hydrogen-bond acceptors (Lipinski definition) is 2. The molecule has 0 amide bonds. The van der Waals surface area contributed by atoms with Crippen molar-refractivity contribution in [2.45, 2.75) is 20.3 Å². The monoisotopic (exact) mass is 246 g/mol. The van der Waals surface area contributed by atoms with Gasteiger partial charge in [0.1, 0.15) is 6.11 Å². The molecule has 2 heteroatoms. The van der Waals surface area contributed by atoms with Crippen molar-refractivity contribution >= 4 is 5.97 Å². The first-order valence-corrected chi connectivity index (χ1v) is 5.38. The van der Waals surface area contributed by atoms with E-state index in [1.807, 2.05) is 6.92 Å². The van der Waals surface area contributed by atoms with Gasteiger partial charge in [0.25, 0.3) is 0 Å². The number of carbonyl (C=O) groups is 1. The van der Waals surface area contributed by atoms with Crippen LogP contribution in [0.15, 0.2) is 0 Å². The van der Waals surface area contributed by atoms with Gasteiger partial charge >= 0.3 is 5.97 Å². The van der Waals surface area contributed by atoms with E-state index in [4.69, 9.17) is 6.42 Å². The van der Waals surface area contributed by atoms with E-state index in [9.17, 15) is 4.79 Å². The van der Waals surface area contributed by atoms with Crippen LogP contribution in [0.5, 0.6) is 0 Å². The number of esters is 1. The summed E-state index contributed by atoms with van der Waals surface area (Å²) in [6, 6.07) is 0. The van der Waals surface area contributed by atoms with Gasteiger partial charge in [-0.1, -0.05) is 13.8 Å². The third-order valence-electron chi connectivity index (χ3n) is 1.79. The molecule has 0 aromatic heterocycles. The minimum Gasteiger partial charge on any atom is -0.371 e. The van der Waals surface area contributed by atoms with Crippen molar-refractivity contribution in [3.63, 3.8) is 0 Å². The Kier molecular flexibility index (Phi) is 9.43. The normalized spacial score (nSPS) is 7.63. The average Bonchev–Trinajstić information content (AvgIpc) is 2.43. The lowest BCUT2D eigenvalue weighted by molar-refractivity contribution is -0.140. The molecule has 2 nitrogen and oxygen atoms in total. The van der Waals surface area contributed by atoms with Crippen LogP contribution < -0.4 is 0 Å². The Morgan fingerprint density at radius 1 is 1.00 bits per heavy atom. The second kappa shape index (κ2) is 11.3. The molecule has 1 atom stereocenters. The van der Waals surface area contributed by atoms with Crippen LogP contribution in [0.4, 0.5) is 0 Å². The van der Waals surface area contributed by atoms with E-state index in [2.05, 4.69) is 70.0 Å². The van der Waals surface area contributed by atoms with Crippen molar-refractivity contribution < 1.29 is 9.53 Å². The van der Waals surface area contributed by atoms with Crippen LogP contribution in [-0.4, -0.2) is 5.97 Å². The maximum atomic E-state index is 11.2. The van der Waals surface area contributed by atoms with Crippen molar-refractivity contribution in [2.75, 3.05) is 0 Å². The van der Waals surface area contributed by atoms with Gasteiger partial charge in [-0.05, 0) is 36.0 Å². The zero-order valence-corrected chi connectivity index (χ0v) is 10.7. The lowest BCUT2D eigenvalue weighted by Gasteiger charge is -2.01. The van der Waals surface area contributed by atoms with Crippen LogP contribution >= 0.6 is 0 Å². The summed E-state index contributed by atoms with van der Waals surface area (Å²) in [4.78, 5) is 11.2. The van der Waals surface area contributed by atoms with Gasteiger partial charge in [-0.2, -0.15) is 0 Å². The van der Waals surface area contributed by atoms with Gasteiger partial charge in [0, 0.05) is 29.6 Å². The Bertz CT molecular complexity index is 663. The molecule has 0 aliphatic heterocycles. The van der Waals surface area contributed by atoms with Crippen molar-refractivity contribution in [1.82, 2.24) is 0 Å². The molecule has 0 rings (SSSR count). The maximum absolute atomic E-state index is 11.2. The van der Waals surface area contributed by atoms with E-state index < -0.39 is 0 Å². The Morgan fingerprint density at radius 2 is 1.47 bits per heavy atom. The summed E-state index contributed by atoms with van der Waals surface area (Å²) in [5.41, 5.74) is 0. The predicted molar refractivity (Wildman–Crippen MR) is 73.3 cm³/mol. The molecule has 0 bridgehead atoms. The highest BCUT2D eigenvalue weighted by molar-refractivity contribution is 5.73. The van der Waals surface area contributed by atoms with Crippen molar-refractivity contribution in [3.8, 4) is 71.7 Å². The first-order valence-electron chi connectivity index (χ1n) is 5.38. The number of rotatable bonds is 2. The summed E-state index contributed by atoms with van der Waals surface area (Å²) in [5, 5.41) is 0. The second-order valence-corrected chi connectivity index (χ2v) is 3.10. The van der Waals surface area contributed by atoms with E-state index in [1.54, 1.807) is 6.92 Å². The van der Waals surface area contributed by atoms with Gasteiger partial charge in [0.15, 0.2) is 0 Å². The van der Waals surface area contributed by atoms with Gasteiger partial charge in [0.2, 0.25) is 0 Å². The van der Waals surface area contributed by atoms with Crippen LogP contribution in [0.2, 0.25) is 0 Å². The topological polar surface area (TPSA) is 26.3 Å². The van der Waals surface area contributed by atoms with Crippen LogP contribution in [0.25, 0.3) is 0 Å². The Morgan fingerprint density at radius 3 is 1.95 bits per heavy atom. The number of terminal acetylenes is 1. The Labute approximate surface area is 114 Å². The molecule has 1 unspecified atom stereocenters. The number of carbonyl (C=O) groups excluding carboxylic acids is 1. The molecule has 0 spiro atoms. The van der Waals surface area contributed by atoms with Crippen LogP contribution in [0.3, 0.4) is 0 Å². The summed E-state index contributed by atoms with van der Waals surface area (Å²) < 4.78 is 4.65. The smallest absolute Gasteiger partial charge is 0.322 e. The highest BCUT2D eigenvalue weighted by atomic mass is 16.5. The fourth-order valence-corrected chi connectivity index (χ4v) is 0.623. The highest BCUT2D eigenvalue weighted by Crippen LogP contribution is 2.01. The third kappa shape index (κ3) is 9.74. The lowest BCUT2D eigenvalue weighted by atomic mass is 10.1. The van der Waals surface area contributed by atoms with Crippen molar-refractivity contribution in [3.05, 3.63) is 0 Å². The summed E-state index contributed by atoms with van der Waals surface area (Å²) in [6.07, 6.45) is 7.79. The van der Waals surface area contributed by atoms with Crippen LogP contribution in [-0.2, 0) is 9.53 Å². The molecule has 90 valence electrons. The SMILES string of the molecule is C#CC#CC#CC#CC#CC#COC(=O)C(C)CC. The molecule has 0 radical (unpaired) electrons. The van der Waals surface area contributed by atoms with E-state index >= 15 is 0 Å². The van der Waals surface area contributed by atoms with Crippen LogP contribution in [0, 0.1) is 77.7 Å². The third-order valence-corrected chi connectivity index (χ3v) is 1.79. The highest BCUT2D eigenvalue weighted by Gasteiger charge is 2.10. The molecular weight excluding hydrogens is 236 g/mol. The van der Waals surface area contributed by atoms with Crippen molar-refractivity contribution in [1.29, 1.82) is 0 Å². The molecule has 0 aromatic carbocycles. The van der Waals surface area contributed by atoms with Gasteiger partial charge in [0.05, 0.1) is 5.92 Å². The quantitative estimate of drug-likeness (QED) is 0.540. The number of ether oxygens (including phenoxy) is 1. The number of hydrogen-bond donors (Lipinski definition) is 0. The molecule has 0 saturated heterocycles. The standard InChI is InChI=1S/C17H10O2/c1-4-6-7-8-9-10-11-12-13-14-15-19-17(18)16(3)5-2/h1,16H,5H2,2-3H3. The van der Waals surface area contributed by atoms with E-state index in [0.29, 0.717) is 6.42 Å². The molecule has 19 heavy (non-hydrogen) atoms. The minimum absolute atomic E-state index is 0.165. The lowest BCUT2D eigenvalue weighted by Crippen LogP contribution is -2.10. The maximum Gasteiger partial charge on any atom is 0.322 e.